The zero-order chi connectivity index (χ0) is 10.7. The van der Waals surface area contributed by atoms with Gasteiger partial charge in [-0.3, -0.25) is 0 Å². The van der Waals surface area contributed by atoms with Crippen LogP contribution in [-0.4, -0.2) is 12.6 Å². The Bertz CT molecular complexity index is 335. The molecular weight excluding hydrogens is 272 g/mol. The van der Waals surface area contributed by atoms with Gasteiger partial charge < -0.3 is 10.5 Å². The molecule has 1 atom stereocenters. The average Bonchev–Trinajstić information content (AvgIpc) is 2.14. The number of nitrogens with two attached hydrogens (primary N) is 1. The van der Waals surface area contributed by atoms with E-state index < -0.39 is 5.82 Å². The van der Waals surface area contributed by atoms with Gasteiger partial charge >= 0.3 is 0 Å². The van der Waals surface area contributed by atoms with E-state index in [2.05, 4.69) is 15.9 Å². The van der Waals surface area contributed by atoms with Gasteiger partial charge in [0.15, 0.2) is 0 Å². The molecule has 1 unspecified atom stereocenters. The van der Waals surface area contributed by atoms with E-state index in [4.69, 9.17) is 22.1 Å². The van der Waals surface area contributed by atoms with Crippen molar-refractivity contribution in [1.82, 2.24) is 0 Å². The van der Waals surface area contributed by atoms with Crippen molar-refractivity contribution in [3.05, 3.63) is 27.4 Å². The molecule has 0 spiro atoms. The topological polar surface area (TPSA) is 35.2 Å². The second kappa shape index (κ2) is 4.96. The zero-order valence-electron chi connectivity index (χ0n) is 7.56. The molecule has 0 saturated heterocycles. The third-order valence-corrected chi connectivity index (χ3v) is 2.54. The Morgan fingerprint density at radius 2 is 2.29 bits per heavy atom. The number of ether oxygens (including phenoxy) is 1. The van der Waals surface area contributed by atoms with Crippen molar-refractivity contribution in [3.63, 3.8) is 0 Å². The summed E-state index contributed by atoms with van der Waals surface area (Å²) in [5, 5.41) is 0.360. The summed E-state index contributed by atoms with van der Waals surface area (Å²) < 4.78 is 18.7. The summed E-state index contributed by atoms with van der Waals surface area (Å²) in [7, 11) is 0. The van der Waals surface area contributed by atoms with E-state index in [1.54, 1.807) is 6.92 Å². The Labute approximate surface area is 95.3 Å². The minimum absolute atomic E-state index is 0.187. The first kappa shape index (κ1) is 11.8. The van der Waals surface area contributed by atoms with Gasteiger partial charge in [-0.2, -0.15) is 0 Å². The monoisotopic (exact) mass is 281 g/mol. The Morgan fingerprint density at radius 1 is 1.64 bits per heavy atom. The molecule has 1 rings (SSSR count). The largest absolute Gasteiger partial charge is 0.488 e. The molecule has 0 heterocycles. The molecule has 0 aliphatic rings. The van der Waals surface area contributed by atoms with Gasteiger partial charge in [-0.1, -0.05) is 11.6 Å². The summed E-state index contributed by atoms with van der Waals surface area (Å²) in [5.41, 5.74) is 5.37. The smallest absolute Gasteiger partial charge is 0.141 e. The SMILES string of the molecule is CC(CN)Oc1cc(F)c(Br)cc1Cl. The van der Waals surface area contributed by atoms with Gasteiger partial charge in [0, 0.05) is 12.6 Å². The minimum Gasteiger partial charge on any atom is -0.488 e. The van der Waals surface area contributed by atoms with E-state index in [0.29, 0.717) is 21.8 Å². The number of hydrogen-bond donors (Lipinski definition) is 1. The van der Waals surface area contributed by atoms with Crippen LogP contribution in [0.25, 0.3) is 0 Å². The summed E-state index contributed by atoms with van der Waals surface area (Å²) in [5.74, 6) is -0.0982. The van der Waals surface area contributed by atoms with E-state index in [9.17, 15) is 4.39 Å². The predicted molar refractivity (Wildman–Crippen MR) is 58.3 cm³/mol. The lowest BCUT2D eigenvalue weighted by Crippen LogP contribution is -2.23. The molecule has 5 heteroatoms. The van der Waals surface area contributed by atoms with Crippen molar-refractivity contribution in [2.75, 3.05) is 6.54 Å². The molecule has 78 valence electrons. The highest BCUT2D eigenvalue weighted by atomic mass is 79.9. The number of halogens is 3. The summed E-state index contributed by atoms with van der Waals surface area (Å²) in [4.78, 5) is 0. The number of rotatable bonds is 3. The van der Waals surface area contributed by atoms with Crippen LogP contribution in [0, 0.1) is 5.82 Å². The third kappa shape index (κ3) is 2.83. The molecular formula is C9H10BrClFNO. The molecule has 2 N–H and O–H groups in total. The summed E-state index contributed by atoms with van der Waals surface area (Å²) >= 11 is 8.86. The Morgan fingerprint density at radius 3 is 2.86 bits per heavy atom. The molecule has 0 bridgehead atoms. The third-order valence-electron chi connectivity index (χ3n) is 1.63. The number of hydrogen-bond acceptors (Lipinski definition) is 2. The highest BCUT2D eigenvalue weighted by Gasteiger charge is 2.10. The molecule has 0 aliphatic heterocycles. The van der Waals surface area contributed by atoms with Crippen molar-refractivity contribution >= 4 is 27.5 Å². The van der Waals surface area contributed by atoms with E-state index in [1.165, 1.54) is 12.1 Å². The van der Waals surface area contributed by atoms with Crippen LogP contribution in [0.4, 0.5) is 4.39 Å². The van der Waals surface area contributed by atoms with Gasteiger partial charge in [0.2, 0.25) is 0 Å². The van der Waals surface area contributed by atoms with Gasteiger partial charge in [-0.25, -0.2) is 4.39 Å². The van der Waals surface area contributed by atoms with Gasteiger partial charge in [-0.05, 0) is 28.9 Å². The Hall–Kier alpha value is -0.320. The Balaban J connectivity index is 2.92. The van der Waals surface area contributed by atoms with Crippen molar-refractivity contribution in [2.24, 2.45) is 5.73 Å². The van der Waals surface area contributed by atoms with Crippen molar-refractivity contribution in [1.29, 1.82) is 0 Å². The van der Waals surface area contributed by atoms with Gasteiger partial charge in [0.1, 0.15) is 17.7 Å². The molecule has 0 saturated carbocycles. The molecule has 0 aromatic heterocycles. The maximum absolute atomic E-state index is 13.1. The molecule has 2 nitrogen and oxygen atoms in total. The number of benzene rings is 1. The van der Waals surface area contributed by atoms with Gasteiger partial charge in [-0.15, -0.1) is 0 Å². The maximum atomic E-state index is 13.1. The fourth-order valence-corrected chi connectivity index (χ4v) is 1.54. The van der Waals surface area contributed by atoms with E-state index in [-0.39, 0.29) is 6.10 Å². The molecule has 1 aromatic rings. The summed E-state index contributed by atoms with van der Waals surface area (Å²) in [6, 6.07) is 2.69. The fourth-order valence-electron chi connectivity index (χ4n) is 0.859. The van der Waals surface area contributed by atoms with Crippen molar-refractivity contribution in [2.45, 2.75) is 13.0 Å². The Kier molecular flexibility index (Phi) is 4.16. The van der Waals surface area contributed by atoms with Gasteiger partial charge in [0.25, 0.3) is 0 Å². The lowest BCUT2D eigenvalue weighted by Gasteiger charge is -2.13. The van der Waals surface area contributed by atoms with E-state index in [1.807, 2.05) is 0 Å². The summed E-state index contributed by atoms with van der Waals surface area (Å²) in [6.45, 7) is 2.14. The molecule has 0 aliphatic carbocycles. The van der Waals surface area contributed by atoms with Gasteiger partial charge in [0.05, 0.1) is 9.50 Å². The van der Waals surface area contributed by atoms with Crippen LogP contribution in [0.1, 0.15) is 6.92 Å². The van der Waals surface area contributed by atoms with Crippen LogP contribution in [0.5, 0.6) is 5.75 Å². The molecule has 1 aromatic carbocycles. The standard InChI is InChI=1S/C9H10BrClFNO/c1-5(4-13)14-9-3-8(12)6(10)2-7(9)11/h2-3,5H,4,13H2,1H3. The van der Waals surface area contributed by atoms with Crippen LogP contribution in [-0.2, 0) is 0 Å². The molecule has 0 radical (unpaired) electrons. The quantitative estimate of drug-likeness (QED) is 0.865. The molecule has 0 fully saturated rings. The minimum atomic E-state index is -0.409. The van der Waals surface area contributed by atoms with Crippen LogP contribution in [0.15, 0.2) is 16.6 Å². The van der Waals surface area contributed by atoms with E-state index in [0.717, 1.165) is 0 Å². The highest BCUT2D eigenvalue weighted by molar-refractivity contribution is 9.10. The maximum Gasteiger partial charge on any atom is 0.141 e. The van der Waals surface area contributed by atoms with Crippen LogP contribution < -0.4 is 10.5 Å². The molecule has 0 amide bonds. The first-order chi connectivity index (χ1) is 6.54. The van der Waals surface area contributed by atoms with Crippen molar-refractivity contribution < 1.29 is 9.13 Å². The van der Waals surface area contributed by atoms with Crippen molar-refractivity contribution in [3.8, 4) is 5.75 Å². The van der Waals surface area contributed by atoms with Crippen LogP contribution >= 0.6 is 27.5 Å². The second-order valence-electron chi connectivity index (χ2n) is 2.86. The second-order valence-corrected chi connectivity index (χ2v) is 4.12. The lowest BCUT2D eigenvalue weighted by atomic mass is 10.3. The first-order valence-corrected chi connectivity index (χ1v) is 5.23. The summed E-state index contributed by atoms with van der Waals surface area (Å²) in [6.07, 6.45) is -0.187. The van der Waals surface area contributed by atoms with E-state index >= 15 is 0 Å². The van der Waals surface area contributed by atoms with Crippen LogP contribution in [0.3, 0.4) is 0 Å². The van der Waals surface area contributed by atoms with Crippen LogP contribution in [0.2, 0.25) is 5.02 Å². The zero-order valence-corrected chi connectivity index (χ0v) is 9.90. The first-order valence-electron chi connectivity index (χ1n) is 4.06. The lowest BCUT2D eigenvalue weighted by molar-refractivity contribution is 0.229. The fraction of sp³-hybridized carbons (Fsp3) is 0.333. The normalized spacial score (nSPS) is 12.6. The molecule has 14 heavy (non-hydrogen) atoms. The average molecular weight is 283 g/mol. The highest BCUT2D eigenvalue weighted by Crippen LogP contribution is 2.30. The predicted octanol–water partition coefficient (Wildman–Crippen LogP) is 2.97.